The van der Waals surface area contributed by atoms with Gasteiger partial charge in [0, 0.05) is 6.54 Å². The molecule has 0 saturated carbocycles. The molecule has 0 amide bonds. The van der Waals surface area contributed by atoms with Gasteiger partial charge in [0.1, 0.15) is 5.75 Å². The highest BCUT2D eigenvalue weighted by Gasteiger charge is 2.08. The van der Waals surface area contributed by atoms with E-state index in [1.807, 2.05) is 36.4 Å². The van der Waals surface area contributed by atoms with Crippen molar-refractivity contribution in [2.75, 3.05) is 12.4 Å². The van der Waals surface area contributed by atoms with Gasteiger partial charge < -0.3 is 15.4 Å². The Bertz CT molecular complexity index is 876. The SMILES string of the molecule is COc1ccc(-c2ccccc2)cc1NC(=S)NCc1ccc(C)cc1. The molecule has 26 heavy (non-hydrogen) atoms. The first kappa shape index (κ1) is 18.0. The van der Waals surface area contributed by atoms with Crippen LogP contribution in [0.15, 0.2) is 72.8 Å². The zero-order valence-corrected chi connectivity index (χ0v) is 15.8. The zero-order chi connectivity index (χ0) is 18.4. The quantitative estimate of drug-likeness (QED) is 0.615. The fourth-order valence-electron chi connectivity index (χ4n) is 2.67. The summed E-state index contributed by atoms with van der Waals surface area (Å²) >= 11 is 5.45. The first-order chi connectivity index (χ1) is 12.7. The molecule has 0 aliphatic heterocycles. The maximum Gasteiger partial charge on any atom is 0.171 e. The zero-order valence-electron chi connectivity index (χ0n) is 15.0. The number of methoxy groups -OCH3 is 1. The second kappa shape index (κ2) is 8.50. The van der Waals surface area contributed by atoms with Crippen LogP contribution in [0.2, 0.25) is 0 Å². The third kappa shape index (κ3) is 4.61. The average Bonchev–Trinajstić information content (AvgIpc) is 2.68. The number of benzene rings is 3. The standard InChI is InChI=1S/C22H22N2OS/c1-16-8-10-17(11-9-16)15-23-22(26)24-20-14-19(12-13-21(20)25-2)18-6-4-3-5-7-18/h3-14H,15H2,1-2H3,(H2,23,24,26). The molecule has 0 aliphatic carbocycles. The minimum atomic E-state index is 0.564. The van der Waals surface area contributed by atoms with Crippen LogP contribution >= 0.6 is 12.2 Å². The van der Waals surface area contributed by atoms with Crippen molar-refractivity contribution in [3.63, 3.8) is 0 Å². The van der Waals surface area contributed by atoms with Gasteiger partial charge in [-0.2, -0.15) is 0 Å². The van der Waals surface area contributed by atoms with Gasteiger partial charge >= 0.3 is 0 Å². The Balaban J connectivity index is 1.71. The van der Waals surface area contributed by atoms with Gasteiger partial charge in [0.05, 0.1) is 12.8 Å². The summed E-state index contributed by atoms with van der Waals surface area (Å²) < 4.78 is 5.46. The molecular weight excluding hydrogens is 340 g/mol. The van der Waals surface area contributed by atoms with Gasteiger partial charge in [-0.1, -0.05) is 66.2 Å². The normalized spacial score (nSPS) is 10.2. The van der Waals surface area contributed by atoms with Crippen LogP contribution in [0.25, 0.3) is 11.1 Å². The highest BCUT2D eigenvalue weighted by molar-refractivity contribution is 7.80. The Morgan fingerprint density at radius 1 is 0.923 bits per heavy atom. The van der Waals surface area contributed by atoms with Crippen LogP contribution in [0.5, 0.6) is 5.75 Å². The van der Waals surface area contributed by atoms with E-state index in [4.69, 9.17) is 17.0 Å². The third-order valence-electron chi connectivity index (χ3n) is 4.13. The molecule has 0 aliphatic rings. The third-order valence-corrected chi connectivity index (χ3v) is 4.37. The van der Waals surface area contributed by atoms with Gasteiger partial charge in [0.2, 0.25) is 0 Å². The van der Waals surface area contributed by atoms with Crippen molar-refractivity contribution in [1.29, 1.82) is 0 Å². The molecule has 0 radical (unpaired) electrons. The lowest BCUT2D eigenvalue weighted by Crippen LogP contribution is -2.28. The van der Waals surface area contributed by atoms with E-state index in [0.29, 0.717) is 11.7 Å². The number of rotatable bonds is 5. The molecular formula is C22H22N2OS. The fourth-order valence-corrected chi connectivity index (χ4v) is 2.85. The van der Waals surface area contributed by atoms with Crippen LogP contribution in [0.3, 0.4) is 0 Å². The number of ether oxygens (including phenoxy) is 1. The number of anilines is 1. The Labute approximate surface area is 160 Å². The van der Waals surface area contributed by atoms with Gasteiger partial charge in [0.25, 0.3) is 0 Å². The van der Waals surface area contributed by atoms with Gasteiger partial charge in [-0.25, -0.2) is 0 Å². The maximum atomic E-state index is 5.46. The van der Waals surface area contributed by atoms with E-state index in [-0.39, 0.29) is 0 Å². The largest absolute Gasteiger partial charge is 0.495 e. The average molecular weight is 362 g/mol. The van der Waals surface area contributed by atoms with Crippen molar-refractivity contribution in [2.24, 2.45) is 0 Å². The molecule has 0 unspecified atom stereocenters. The van der Waals surface area contributed by atoms with Crippen molar-refractivity contribution in [1.82, 2.24) is 5.32 Å². The van der Waals surface area contributed by atoms with Gasteiger partial charge in [0.15, 0.2) is 5.11 Å². The lowest BCUT2D eigenvalue weighted by molar-refractivity contribution is 0.417. The maximum absolute atomic E-state index is 5.46. The van der Waals surface area contributed by atoms with Crippen LogP contribution in [0, 0.1) is 6.92 Å². The van der Waals surface area contributed by atoms with E-state index in [1.165, 1.54) is 11.1 Å². The lowest BCUT2D eigenvalue weighted by Gasteiger charge is -2.15. The van der Waals surface area contributed by atoms with Gasteiger partial charge in [-0.3, -0.25) is 0 Å². The molecule has 2 N–H and O–H groups in total. The Kier molecular flexibility index (Phi) is 5.87. The fraction of sp³-hybridized carbons (Fsp3) is 0.136. The van der Waals surface area contributed by atoms with Gasteiger partial charge in [-0.05, 0) is 48.0 Å². The van der Waals surface area contributed by atoms with Crippen molar-refractivity contribution in [3.8, 4) is 16.9 Å². The van der Waals surface area contributed by atoms with Crippen molar-refractivity contribution in [2.45, 2.75) is 13.5 Å². The van der Waals surface area contributed by atoms with E-state index in [0.717, 1.165) is 22.6 Å². The molecule has 132 valence electrons. The van der Waals surface area contributed by atoms with Crippen molar-refractivity contribution in [3.05, 3.63) is 83.9 Å². The molecule has 0 atom stereocenters. The number of nitrogens with one attached hydrogen (secondary N) is 2. The van der Waals surface area contributed by atoms with Crippen LogP contribution in [0.4, 0.5) is 5.69 Å². The van der Waals surface area contributed by atoms with Crippen molar-refractivity contribution < 1.29 is 4.74 Å². The van der Waals surface area contributed by atoms with Crippen LogP contribution in [0.1, 0.15) is 11.1 Å². The minimum Gasteiger partial charge on any atom is -0.495 e. The molecule has 3 aromatic rings. The van der Waals surface area contributed by atoms with Crippen LogP contribution < -0.4 is 15.4 Å². The number of hydrogen-bond acceptors (Lipinski definition) is 2. The highest BCUT2D eigenvalue weighted by Crippen LogP contribution is 2.30. The monoisotopic (exact) mass is 362 g/mol. The summed E-state index contributed by atoms with van der Waals surface area (Å²) in [6.45, 7) is 2.75. The summed E-state index contributed by atoms with van der Waals surface area (Å²) in [5.74, 6) is 0.754. The summed E-state index contributed by atoms with van der Waals surface area (Å²) in [7, 11) is 1.66. The number of hydrogen-bond donors (Lipinski definition) is 2. The topological polar surface area (TPSA) is 33.3 Å². The minimum absolute atomic E-state index is 0.564. The molecule has 0 fully saturated rings. The Hall–Kier alpha value is -2.85. The summed E-state index contributed by atoms with van der Waals surface area (Å²) in [4.78, 5) is 0. The highest BCUT2D eigenvalue weighted by atomic mass is 32.1. The molecule has 4 heteroatoms. The number of aryl methyl sites for hydroxylation is 1. The molecule has 0 saturated heterocycles. The molecule has 0 heterocycles. The van der Waals surface area contributed by atoms with E-state index in [9.17, 15) is 0 Å². The van der Waals surface area contributed by atoms with E-state index < -0.39 is 0 Å². The molecule has 3 aromatic carbocycles. The van der Waals surface area contributed by atoms with Crippen LogP contribution in [-0.2, 0) is 6.54 Å². The van der Waals surface area contributed by atoms with E-state index in [1.54, 1.807) is 7.11 Å². The first-order valence-electron chi connectivity index (χ1n) is 8.49. The molecule has 0 spiro atoms. The summed E-state index contributed by atoms with van der Waals surface area (Å²) in [5.41, 5.74) is 5.53. The van der Waals surface area contributed by atoms with E-state index in [2.05, 4.69) is 54.0 Å². The van der Waals surface area contributed by atoms with Crippen LogP contribution in [-0.4, -0.2) is 12.2 Å². The van der Waals surface area contributed by atoms with Gasteiger partial charge in [-0.15, -0.1) is 0 Å². The first-order valence-corrected chi connectivity index (χ1v) is 8.90. The van der Waals surface area contributed by atoms with Crippen molar-refractivity contribution >= 4 is 23.0 Å². The second-order valence-corrected chi connectivity index (χ2v) is 6.48. The smallest absolute Gasteiger partial charge is 0.171 e. The lowest BCUT2D eigenvalue weighted by atomic mass is 10.0. The Morgan fingerprint density at radius 3 is 2.35 bits per heavy atom. The molecule has 3 rings (SSSR count). The number of thiocarbonyl (C=S) groups is 1. The molecule has 0 aromatic heterocycles. The predicted molar refractivity (Wildman–Crippen MR) is 113 cm³/mol. The molecule has 3 nitrogen and oxygen atoms in total. The predicted octanol–water partition coefficient (Wildman–Crippen LogP) is 5.16. The summed E-state index contributed by atoms with van der Waals surface area (Å²) in [6.07, 6.45) is 0. The summed E-state index contributed by atoms with van der Waals surface area (Å²) in [6, 6.07) is 24.7. The summed E-state index contributed by atoms with van der Waals surface area (Å²) in [5, 5.41) is 7.05. The Morgan fingerprint density at radius 2 is 1.65 bits per heavy atom. The molecule has 0 bridgehead atoms. The van der Waals surface area contributed by atoms with E-state index >= 15 is 0 Å². The second-order valence-electron chi connectivity index (χ2n) is 6.07.